The van der Waals surface area contributed by atoms with Crippen LogP contribution < -0.4 is 0 Å². The largest absolute Gasteiger partial charge is 0.330 e. The number of benzene rings is 1. The van der Waals surface area contributed by atoms with Crippen molar-refractivity contribution in [2.24, 2.45) is 7.05 Å². The van der Waals surface area contributed by atoms with E-state index in [9.17, 15) is 0 Å². The van der Waals surface area contributed by atoms with Crippen molar-refractivity contribution in [3.63, 3.8) is 0 Å². The summed E-state index contributed by atoms with van der Waals surface area (Å²) < 4.78 is 2.77. The van der Waals surface area contributed by atoms with Crippen molar-refractivity contribution < 1.29 is 0 Å². The number of nitrogens with zero attached hydrogens (tertiary/aromatic N) is 2. The maximum absolute atomic E-state index is 8.91. The highest BCUT2D eigenvalue weighted by molar-refractivity contribution is 9.10. The van der Waals surface area contributed by atoms with Gasteiger partial charge in [0.2, 0.25) is 0 Å². The third-order valence-electron chi connectivity index (χ3n) is 2.36. The summed E-state index contributed by atoms with van der Waals surface area (Å²) in [6.45, 7) is 0. The van der Waals surface area contributed by atoms with Crippen LogP contribution >= 0.6 is 15.9 Å². The molecule has 0 aliphatic carbocycles. The Morgan fingerprint density at radius 3 is 2.47 bits per heavy atom. The Bertz CT molecular complexity index is 521. The van der Waals surface area contributed by atoms with E-state index >= 15 is 0 Å². The highest BCUT2D eigenvalue weighted by Crippen LogP contribution is 2.30. The predicted octanol–water partition coefficient (Wildman–Crippen LogP) is 3.33. The summed E-state index contributed by atoms with van der Waals surface area (Å²) in [7, 11) is 1.87. The van der Waals surface area contributed by atoms with E-state index in [1.807, 2.05) is 48.0 Å². The van der Waals surface area contributed by atoms with Crippen LogP contribution in [0.15, 0.2) is 41.0 Å². The quantitative estimate of drug-likeness (QED) is 0.774. The van der Waals surface area contributed by atoms with Crippen LogP contribution in [0.1, 0.15) is 5.69 Å². The summed E-state index contributed by atoms with van der Waals surface area (Å²) >= 11 is 3.49. The number of rotatable bonds is 1. The first kappa shape index (κ1) is 10.0. The first-order chi connectivity index (χ1) is 7.24. The van der Waals surface area contributed by atoms with Crippen LogP contribution in [0.3, 0.4) is 0 Å². The van der Waals surface area contributed by atoms with Gasteiger partial charge in [0.1, 0.15) is 11.8 Å². The minimum atomic E-state index is 0.653. The second-order valence-electron chi connectivity index (χ2n) is 3.27. The highest BCUT2D eigenvalue weighted by atomic mass is 79.9. The molecular weight excluding hydrogens is 252 g/mol. The van der Waals surface area contributed by atoms with Crippen LogP contribution in [0.25, 0.3) is 11.1 Å². The fourth-order valence-electron chi connectivity index (χ4n) is 1.51. The molecule has 0 fully saturated rings. The van der Waals surface area contributed by atoms with Gasteiger partial charge in [-0.05, 0) is 27.6 Å². The van der Waals surface area contributed by atoms with Gasteiger partial charge in [-0.1, -0.05) is 30.3 Å². The lowest BCUT2D eigenvalue weighted by atomic mass is 10.1. The Morgan fingerprint density at radius 2 is 1.93 bits per heavy atom. The molecule has 2 rings (SSSR count). The van der Waals surface area contributed by atoms with Gasteiger partial charge in [-0.25, -0.2) is 0 Å². The summed E-state index contributed by atoms with van der Waals surface area (Å²) in [5.41, 5.74) is 2.82. The lowest BCUT2D eigenvalue weighted by Crippen LogP contribution is -1.90. The normalized spacial score (nSPS) is 9.93. The van der Waals surface area contributed by atoms with Crippen molar-refractivity contribution in [2.75, 3.05) is 0 Å². The van der Waals surface area contributed by atoms with Gasteiger partial charge >= 0.3 is 0 Å². The number of hydrogen-bond donors (Lipinski definition) is 0. The third-order valence-corrected chi connectivity index (χ3v) is 3.32. The van der Waals surface area contributed by atoms with E-state index < -0.39 is 0 Å². The Labute approximate surface area is 96.9 Å². The standard InChI is InChI=1S/C12H9BrN2/c1-15-10(8-14)7-11(12(15)13)9-5-3-2-4-6-9/h2-7H,1H3. The van der Waals surface area contributed by atoms with Gasteiger partial charge in [-0.3, -0.25) is 0 Å². The van der Waals surface area contributed by atoms with Crippen LogP contribution in [0.5, 0.6) is 0 Å². The lowest BCUT2D eigenvalue weighted by Gasteiger charge is -1.99. The summed E-state index contributed by atoms with van der Waals surface area (Å²) in [4.78, 5) is 0. The van der Waals surface area contributed by atoms with Crippen molar-refractivity contribution in [3.8, 4) is 17.2 Å². The number of nitriles is 1. The van der Waals surface area contributed by atoms with Gasteiger partial charge in [0.25, 0.3) is 0 Å². The van der Waals surface area contributed by atoms with E-state index in [0.29, 0.717) is 5.69 Å². The predicted molar refractivity (Wildman–Crippen MR) is 63.3 cm³/mol. The minimum absolute atomic E-state index is 0.653. The Hall–Kier alpha value is -1.53. The highest BCUT2D eigenvalue weighted by Gasteiger charge is 2.10. The molecule has 1 aromatic heterocycles. The molecule has 0 unspecified atom stereocenters. The molecular formula is C12H9BrN2. The molecule has 0 N–H and O–H groups in total. The zero-order chi connectivity index (χ0) is 10.8. The molecule has 1 heterocycles. The average Bonchev–Trinajstić information content (AvgIpc) is 2.57. The van der Waals surface area contributed by atoms with Crippen LogP contribution in [0.2, 0.25) is 0 Å². The molecule has 74 valence electrons. The summed E-state index contributed by atoms with van der Waals surface area (Å²) in [6, 6.07) is 14.1. The van der Waals surface area contributed by atoms with Crippen molar-refractivity contribution >= 4 is 15.9 Å². The summed E-state index contributed by atoms with van der Waals surface area (Å²) in [5, 5.41) is 8.91. The number of aromatic nitrogens is 1. The maximum Gasteiger partial charge on any atom is 0.121 e. The molecule has 0 bridgehead atoms. The fraction of sp³-hybridized carbons (Fsp3) is 0.0833. The topological polar surface area (TPSA) is 28.7 Å². The molecule has 1 aromatic carbocycles. The zero-order valence-corrected chi connectivity index (χ0v) is 9.82. The average molecular weight is 261 g/mol. The SMILES string of the molecule is Cn1c(C#N)cc(-c2ccccc2)c1Br. The summed E-state index contributed by atoms with van der Waals surface area (Å²) in [5.74, 6) is 0. The van der Waals surface area contributed by atoms with E-state index in [4.69, 9.17) is 5.26 Å². The van der Waals surface area contributed by atoms with Gasteiger partial charge in [0, 0.05) is 12.6 Å². The van der Waals surface area contributed by atoms with Gasteiger partial charge in [-0.15, -0.1) is 0 Å². The first-order valence-electron chi connectivity index (χ1n) is 4.55. The van der Waals surface area contributed by atoms with Gasteiger partial charge in [0.05, 0.1) is 4.60 Å². The molecule has 3 heteroatoms. The van der Waals surface area contributed by atoms with Crippen molar-refractivity contribution in [3.05, 3.63) is 46.7 Å². The van der Waals surface area contributed by atoms with E-state index in [1.165, 1.54) is 0 Å². The minimum Gasteiger partial charge on any atom is -0.330 e. The Balaban J connectivity index is 2.61. The molecule has 15 heavy (non-hydrogen) atoms. The van der Waals surface area contributed by atoms with Gasteiger partial charge in [-0.2, -0.15) is 5.26 Å². The molecule has 0 amide bonds. The van der Waals surface area contributed by atoms with E-state index in [-0.39, 0.29) is 0 Å². The maximum atomic E-state index is 8.91. The van der Waals surface area contributed by atoms with Crippen LogP contribution in [0, 0.1) is 11.3 Å². The van der Waals surface area contributed by atoms with Crippen molar-refractivity contribution in [1.29, 1.82) is 5.26 Å². The Kier molecular flexibility index (Phi) is 2.61. The summed E-state index contributed by atoms with van der Waals surface area (Å²) in [6.07, 6.45) is 0. The lowest BCUT2D eigenvalue weighted by molar-refractivity contribution is 0.884. The molecule has 0 aliphatic rings. The van der Waals surface area contributed by atoms with E-state index in [2.05, 4.69) is 22.0 Å². The molecule has 2 aromatic rings. The van der Waals surface area contributed by atoms with E-state index in [1.54, 1.807) is 0 Å². The Morgan fingerprint density at radius 1 is 1.27 bits per heavy atom. The molecule has 0 saturated heterocycles. The molecule has 0 aliphatic heterocycles. The second-order valence-corrected chi connectivity index (χ2v) is 4.02. The monoisotopic (exact) mass is 260 g/mol. The van der Waals surface area contributed by atoms with Gasteiger partial charge < -0.3 is 4.57 Å². The van der Waals surface area contributed by atoms with E-state index in [0.717, 1.165) is 15.7 Å². The molecule has 0 saturated carbocycles. The van der Waals surface area contributed by atoms with Gasteiger partial charge in [0.15, 0.2) is 0 Å². The second kappa shape index (κ2) is 3.92. The first-order valence-corrected chi connectivity index (χ1v) is 5.34. The smallest absolute Gasteiger partial charge is 0.121 e. The van der Waals surface area contributed by atoms with Crippen molar-refractivity contribution in [2.45, 2.75) is 0 Å². The van der Waals surface area contributed by atoms with Crippen molar-refractivity contribution in [1.82, 2.24) is 4.57 Å². The zero-order valence-electron chi connectivity index (χ0n) is 8.24. The molecule has 2 nitrogen and oxygen atoms in total. The molecule has 0 atom stereocenters. The molecule has 0 radical (unpaired) electrons. The third kappa shape index (κ3) is 1.69. The van der Waals surface area contributed by atoms with Crippen LogP contribution in [-0.2, 0) is 7.05 Å². The number of halogens is 1. The van der Waals surface area contributed by atoms with Crippen LogP contribution in [0.4, 0.5) is 0 Å². The van der Waals surface area contributed by atoms with Crippen LogP contribution in [-0.4, -0.2) is 4.57 Å². The number of hydrogen-bond acceptors (Lipinski definition) is 1. The molecule has 0 spiro atoms. The fourth-order valence-corrected chi connectivity index (χ4v) is 2.04.